The van der Waals surface area contributed by atoms with Crippen molar-refractivity contribution >= 4 is 33.2 Å². The quantitative estimate of drug-likeness (QED) is 0.786. The number of fused-ring (bicyclic) bond motifs is 1. The fourth-order valence-electron chi connectivity index (χ4n) is 2.81. The first-order valence-electron chi connectivity index (χ1n) is 6.00. The summed E-state index contributed by atoms with van der Waals surface area (Å²) in [5.74, 6) is 0. The lowest BCUT2D eigenvalue weighted by Crippen LogP contribution is -2.16. The van der Waals surface area contributed by atoms with E-state index >= 15 is 0 Å². The molecule has 1 saturated carbocycles. The first-order chi connectivity index (χ1) is 8.51. The van der Waals surface area contributed by atoms with Crippen molar-refractivity contribution in [1.82, 2.24) is 4.31 Å². The molecular weight excluding hydrogens is 293 g/mol. The Balaban J connectivity index is 1.96. The van der Waals surface area contributed by atoms with Crippen LogP contribution in [0.5, 0.6) is 0 Å². The molecular formula is C12H13Cl2NO2S. The minimum Gasteiger partial charge on any atom is -0.207 e. The van der Waals surface area contributed by atoms with Crippen molar-refractivity contribution in [3.8, 4) is 0 Å². The Morgan fingerprint density at radius 2 is 1.72 bits per heavy atom. The highest BCUT2D eigenvalue weighted by Crippen LogP contribution is 2.45. The molecule has 18 heavy (non-hydrogen) atoms. The molecule has 0 bridgehead atoms. The molecule has 1 saturated heterocycles. The Hall–Kier alpha value is -0.290. The predicted octanol–water partition coefficient (Wildman–Crippen LogP) is 3.31. The number of nitrogens with zero attached hydrogens (tertiary/aromatic N) is 1. The lowest BCUT2D eigenvalue weighted by molar-refractivity contribution is 0.545. The van der Waals surface area contributed by atoms with Crippen LogP contribution in [0, 0.1) is 0 Å². The normalized spacial score (nSPS) is 30.9. The van der Waals surface area contributed by atoms with Gasteiger partial charge < -0.3 is 0 Å². The second kappa shape index (κ2) is 4.37. The Labute approximate surface area is 117 Å². The van der Waals surface area contributed by atoms with Crippen LogP contribution in [0.2, 0.25) is 10.0 Å². The van der Waals surface area contributed by atoms with E-state index in [2.05, 4.69) is 0 Å². The SMILES string of the molecule is O=S(=O)(c1ccc(Cl)cc1Cl)N1[C@@H]2CCCC[C@H]21. The highest BCUT2D eigenvalue weighted by atomic mass is 35.5. The molecule has 1 aromatic rings. The van der Waals surface area contributed by atoms with Crippen LogP contribution in [0.4, 0.5) is 0 Å². The van der Waals surface area contributed by atoms with Crippen molar-refractivity contribution < 1.29 is 8.42 Å². The summed E-state index contributed by atoms with van der Waals surface area (Å²) in [6.07, 6.45) is 4.16. The third-order valence-electron chi connectivity index (χ3n) is 3.71. The van der Waals surface area contributed by atoms with Gasteiger partial charge in [0.25, 0.3) is 0 Å². The molecule has 0 N–H and O–H groups in total. The fourth-order valence-corrected chi connectivity index (χ4v) is 5.43. The second-order valence-corrected chi connectivity index (χ2v) is 7.48. The van der Waals surface area contributed by atoms with Crippen molar-refractivity contribution in [3.05, 3.63) is 28.2 Å². The summed E-state index contributed by atoms with van der Waals surface area (Å²) in [5.41, 5.74) is 0. The van der Waals surface area contributed by atoms with Gasteiger partial charge in [0.05, 0.1) is 5.02 Å². The van der Waals surface area contributed by atoms with Crippen molar-refractivity contribution in [2.45, 2.75) is 42.7 Å². The van der Waals surface area contributed by atoms with E-state index in [4.69, 9.17) is 23.2 Å². The maximum absolute atomic E-state index is 12.5. The average molecular weight is 306 g/mol. The molecule has 0 aromatic heterocycles. The number of benzene rings is 1. The number of halogens is 2. The van der Waals surface area contributed by atoms with E-state index in [1.807, 2.05) is 0 Å². The van der Waals surface area contributed by atoms with Gasteiger partial charge in [-0.25, -0.2) is 8.42 Å². The molecule has 0 radical (unpaired) electrons. The maximum Gasteiger partial charge on any atom is 0.245 e. The van der Waals surface area contributed by atoms with Crippen molar-refractivity contribution in [2.75, 3.05) is 0 Å². The third kappa shape index (κ3) is 1.95. The molecule has 1 aliphatic heterocycles. The van der Waals surface area contributed by atoms with Gasteiger partial charge in [-0.15, -0.1) is 0 Å². The van der Waals surface area contributed by atoms with Gasteiger partial charge >= 0.3 is 0 Å². The monoisotopic (exact) mass is 305 g/mol. The minimum absolute atomic E-state index is 0.169. The fraction of sp³-hybridized carbons (Fsp3) is 0.500. The van der Waals surface area contributed by atoms with E-state index in [0.717, 1.165) is 25.7 Å². The lowest BCUT2D eigenvalue weighted by Gasteiger charge is -2.08. The molecule has 0 amide bonds. The summed E-state index contributed by atoms with van der Waals surface area (Å²) in [7, 11) is -3.45. The van der Waals surface area contributed by atoms with Gasteiger partial charge in [0.15, 0.2) is 0 Å². The molecule has 2 fully saturated rings. The van der Waals surface area contributed by atoms with E-state index in [1.165, 1.54) is 12.1 Å². The smallest absolute Gasteiger partial charge is 0.207 e. The molecule has 6 heteroatoms. The molecule has 0 unspecified atom stereocenters. The van der Waals surface area contributed by atoms with Crippen LogP contribution in [-0.4, -0.2) is 24.8 Å². The van der Waals surface area contributed by atoms with E-state index in [-0.39, 0.29) is 22.0 Å². The Kier molecular flexibility index (Phi) is 3.09. The molecule has 3 nitrogen and oxygen atoms in total. The third-order valence-corrected chi connectivity index (χ3v) is 6.38. The summed E-state index contributed by atoms with van der Waals surface area (Å²) >= 11 is 11.8. The Morgan fingerprint density at radius 1 is 1.11 bits per heavy atom. The summed E-state index contributed by atoms with van der Waals surface area (Å²) in [6.45, 7) is 0. The predicted molar refractivity (Wildman–Crippen MR) is 71.5 cm³/mol. The zero-order valence-electron chi connectivity index (χ0n) is 9.64. The highest BCUT2D eigenvalue weighted by Gasteiger charge is 2.55. The van der Waals surface area contributed by atoms with Crippen LogP contribution >= 0.6 is 23.2 Å². The molecule has 2 aliphatic rings. The minimum atomic E-state index is -3.45. The van der Waals surface area contributed by atoms with Gasteiger partial charge in [-0.1, -0.05) is 36.0 Å². The van der Waals surface area contributed by atoms with Gasteiger partial charge in [0, 0.05) is 17.1 Å². The Morgan fingerprint density at radius 3 is 2.28 bits per heavy atom. The topological polar surface area (TPSA) is 37.1 Å². The number of rotatable bonds is 2. The molecule has 1 aliphatic carbocycles. The van der Waals surface area contributed by atoms with E-state index in [9.17, 15) is 8.42 Å². The lowest BCUT2D eigenvalue weighted by atomic mass is 10.0. The molecule has 98 valence electrons. The van der Waals surface area contributed by atoms with Gasteiger partial charge in [-0.3, -0.25) is 0 Å². The van der Waals surface area contributed by atoms with Crippen molar-refractivity contribution in [1.29, 1.82) is 0 Å². The highest BCUT2D eigenvalue weighted by molar-refractivity contribution is 7.89. The van der Waals surface area contributed by atoms with Gasteiger partial charge in [0.2, 0.25) is 10.0 Å². The summed E-state index contributed by atoms with van der Waals surface area (Å²) < 4.78 is 26.6. The van der Waals surface area contributed by atoms with Crippen LogP contribution in [0.15, 0.2) is 23.1 Å². The van der Waals surface area contributed by atoms with E-state index < -0.39 is 10.0 Å². The van der Waals surface area contributed by atoms with Crippen LogP contribution < -0.4 is 0 Å². The first-order valence-corrected chi connectivity index (χ1v) is 8.20. The summed E-state index contributed by atoms with van der Waals surface area (Å²) in [4.78, 5) is 0.169. The van der Waals surface area contributed by atoms with Gasteiger partial charge in [0.1, 0.15) is 4.90 Å². The Bertz CT molecular complexity index is 576. The molecule has 1 heterocycles. The molecule has 1 aromatic carbocycles. The van der Waals surface area contributed by atoms with E-state index in [0.29, 0.717) is 5.02 Å². The summed E-state index contributed by atoms with van der Waals surface area (Å²) in [5, 5.41) is 0.647. The van der Waals surface area contributed by atoms with Crippen molar-refractivity contribution in [3.63, 3.8) is 0 Å². The number of hydrogen-bond donors (Lipinski definition) is 0. The molecule has 2 atom stereocenters. The maximum atomic E-state index is 12.5. The zero-order chi connectivity index (χ0) is 12.9. The molecule has 3 rings (SSSR count). The number of hydrogen-bond acceptors (Lipinski definition) is 2. The first kappa shape index (κ1) is 12.7. The zero-order valence-corrected chi connectivity index (χ0v) is 12.0. The van der Waals surface area contributed by atoms with Crippen LogP contribution in [0.1, 0.15) is 25.7 Å². The average Bonchev–Trinajstić information content (AvgIpc) is 3.02. The van der Waals surface area contributed by atoms with Crippen LogP contribution in [-0.2, 0) is 10.0 Å². The van der Waals surface area contributed by atoms with Crippen molar-refractivity contribution in [2.24, 2.45) is 0 Å². The van der Waals surface area contributed by atoms with Crippen LogP contribution in [0.25, 0.3) is 0 Å². The van der Waals surface area contributed by atoms with E-state index in [1.54, 1.807) is 10.4 Å². The standard InChI is InChI=1S/C12H13Cl2NO2S/c13-8-5-6-12(9(14)7-8)18(16,17)15-10-3-1-2-4-11(10)15/h5-7,10-11H,1-4H2/t10-,11-/m1/s1. The summed E-state index contributed by atoms with van der Waals surface area (Å²) in [6, 6.07) is 4.91. The van der Waals surface area contributed by atoms with Crippen LogP contribution in [0.3, 0.4) is 0 Å². The largest absolute Gasteiger partial charge is 0.245 e. The second-order valence-electron chi connectivity index (χ2n) is 4.83. The number of sulfonamides is 1. The molecule has 0 spiro atoms. The van der Waals surface area contributed by atoms with Gasteiger partial charge in [-0.2, -0.15) is 4.31 Å². The van der Waals surface area contributed by atoms with Gasteiger partial charge in [-0.05, 0) is 31.0 Å².